The molecule has 0 bridgehead atoms. The first kappa shape index (κ1) is 18.1. The van der Waals surface area contributed by atoms with Gasteiger partial charge in [0.25, 0.3) is 5.95 Å². The van der Waals surface area contributed by atoms with Crippen LogP contribution in [0, 0.1) is 0 Å². The van der Waals surface area contributed by atoms with Gasteiger partial charge in [0.05, 0.1) is 17.3 Å². The van der Waals surface area contributed by atoms with E-state index in [0.717, 1.165) is 48.4 Å². The first-order valence-electron chi connectivity index (χ1n) is 9.75. The average molecular weight is 401 g/mol. The molecule has 0 aliphatic carbocycles. The van der Waals surface area contributed by atoms with Gasteiger partial charge in [0.1, 0.15) is 17.3 Å². The Bertz CT molecular complexity index is 1220. The van der Waals surface area contributed by atoms with E-state index in [1.54, 1.807) is 0 Å². The van der Waals surface area contributed by atoms with Crippen LogP contribution in [-0.2, 0) is 0 Å². The number of carboxylic acid groups (broad SMARTS) is 1. The molecule has 2 aromatic heterocycles. The molecule has 8 nitrogen and oxygen atoms in total. The molecule has 0 unspecified atom stereocenters. The lowest BCUT2D eigenvalue weighted by Gasteiger charge is -2.19. The summed E-state index contributed by atoms with van der Waals surface area (Å²) in [5, 5.41) is 14.2. The van der Waals surface area contributed by atoms with E-state index in [1.807, 2.05) is 48.5 Å². The van der Waals surface area contributed by atoms with E-state index in [2.05, 4.69) is 15.0 Å². The number of carbonyl (C=O) groups is 1. The zero-order valence-corrected chi connectivity index (χ0v) is 16.1. The van der Waals surface area contributed by atoms with Crippen LogP contribution in [0.25, 0.3) is 16.9 Å². The molecule has 0 radical (unpaired) electrons. The highest BCUT2D eigenvalue weighted by Crippen LogP contribution is 2.32. The predicted octanol–water partition coefficient (Wildman–Crippen LogP) is 3.91. The van der Waals surface area contributed by atoms with Gasteiger partial charge in [-0.15, -0.1) is 0 Å². The van der Waals surface area contributed by atoms with Gasteiger partial charge in [-0.3, -0.25) is 0 Å². The molecule has 1 aliphatic heterocycles. The molecule has 0 amide bonds. The second-order valence-corrected chi connectivity index (χ2v) is 7.11. The Labute approximate surface area is 172 Å². The minimum Gasteiger partial charge on any atom is -0.478 e. The van der Waals surface area contributed by atoms with Gasteiger partial charge < -0.3 is 14.7 Å². The summed E-state index contributed by atoms with van der Waals surface area (Å²) in [6, 6.07) is 15.3. The van der Waals surface area contributed by atoms with Gasteiger partial charge in [0.15, 0.2) is 0 Å². The van der Waals surface area contributed by atoms with Gasteiger partial charge in [-0.2, -0.15) is 10.1 Å². The normalized spacial score (nSPS) is 13.7. The summed E-state index contributed by atoms with van der Waals surface area (Å²) in [5.41, 5.74) is 0.836. The molecule has 1 saturated heterocycles. The number of anilines is 1. The number of nitrogens with zero attached hydrogens (tertiary/aromatic N) is 5. The van der Waals surface area contributed by atoms with E-state index in [0.29, 0.717) is 11.7 Å². The van der Waals surface area contributed by atoms with Crippen LogP contribution in [-0.4, -0.2) is 43.9 Å². The topological polar surface area (TPSA) is 93.4 Å². The Kier molecular flexibility index (Phi) is 4.51. The fourth-order valence-electron chi connectivity index (χ4n) is 3.58. The summed E-state index contributed by atoms with van der Waals surface area (Å²) >= 11 is 0. The van der Waals surface area contributed by atoms with Crippen LogP contribution in [0.5, 0.6) is 11.5 Å². The Hall–Kier alpha value is -3.94. The van der Waals surface area contributed by atoms with Crippen molar-refractivity contribution in [2.45, 2.75) is 12.8 Å². The van der Waals surface area contributed by atoms with Crippen molar-refractivity contribution in [3.63, 3.8) is 0 Å². The van der Waals surface area contributed by atoms with Crippen molar-refractivity contribution < 1.29 is 14.6 Å². The van der Waals surface area contributed by atoms with E-state index < -0.39 is 5.97 Å². The van der Waals surface area contributed by atoms with Gasteiger partial charge >= 0.3 is 5.97 Å². The van der Waals surface area contributed by atoms with Crippen molar-refractivity contribution in [2.75, 3.05) is 18.0 Å². The third-order valence-corrected chi connectivity index (χ3v) is 5.05. The number of fused-ring (bicyclic) bond motifs is 1. The number of rotatable bonds is 5. The highest BCUT2D eigenvalue weighted by Gasteiger charge is 2.20. The van der Waals surface area contributed by atoms with Crippen LogP contribution >= 0.6 is 0 Å². The average Bonchev–Trinajstić information content (AvgIpc) is 3.46. The second kappa shape index (κ2) is 7.47. The summed E-state index contributed by atoms with van der Waals surface area (Å²) in [6.45, 7) is 1.82. The predicted molar refractivity (Wildman–Crippen MR) is 112 cm³/mol. The summed E-state index contributed by atoms with van der Waals surface area (Å²) in [6.07, 6.45) is 4.92. The van der Waals surface area contributed by atoms with E-state index in [1.165, 1.54) is 17.1 Å². The van der Waals surface area contributed by atoms with Gasteiger partial charge in [0, 0.05) is 24.7 Å². The zero-order chi connectivity index (χ0) is 20.5. The summed E-state index contributed by atoms with van der Waals surface area (Å²) in [5.74, 6) is 1.57. The highest BCUT2D eigenvalue weighted by atomic mass is 16.5. The number of aromatic carboxylic acids is 1. The lowest BCUT2D eigenvalue weighted by molar-refractivity contribution is 0.0697. The van der Waals surface area contributed by atoms with Gasteiger partial charge in [-0.1, -0.05) is 18.2 Å². The molecule has 0 saturated carbocycles. The molecule has 1 N–H and O–H groups in total. The van der Waals surface area contributed by atoms with Crippen LogP contribution in [0.3, 0.4) is 0 Å². The van der Waals surface area contributed by atoms with E-state index in [4.69, 9.17) is 9.72 Å². The number of carboxylic acids is 1. The largest absolute Gasteiger partial charge is 0.478 e. The highest BCUT2D eigenvalue weighted by molar-refractivity contribution is 5.91. The van der Waals surface area contributed by atoms with Gasteiger partial charge in [-0.05, 0) is 43.2 Å². The zero-order valence-electron chi connectivity index (χ0n) is 16.1. The monoisotopic (exact) mass is 401 g/mol. The third kappa shape index (κ3) is 3.43. The third-order valence-electron chi connectivity index (χ3n) is 5.05. The van der Waals surface area contributed by atoms with E-state index >= 15 is 0 Å². The van der Waals surface area contributed by atoms with E-state index in [9.17, 15) is 9.90 Å². The summed E-state index contributed by atoms with van der Waals surface area (Å²) in [7, 11) is 0. The Balaban J connectivity index is 1.60. The molecule has 0 atom stereocenters. The van der Waals surface area contributed by atoms with Gasteiger partial charge in [-0.25, -0.2) is 14.5 Å². The molecular weight excluding hydrogens is 382 g/mol. The second-order valence-electron chi connectivity index (χ2n) is 7.11. The molecule has 5 rings (SSSR count). The Morgan fingerprint density at radius 3 is 2.53 bits per heavy atom. The number of aromatic nitrogens is 4. The molecule has 150 valence electrons. The fraction of sp³-hybridized carbons (Fsp3) is 0.182. The van der Waals surface area contributed by atoms with Crippen LogP contribution in [0.2, 0.25) is 0 Å². The minimum absolute atomic E-state index is 0.0908. The molecule has 30 heavy (non-hydrogen) atoms. The number of hydrogen-bond donors (Lipinski definition) is 1. The first-order valence-corrected chi connectivity index (χ1v) is 9.75. The molecule has 8 heteroatoms. The number of para-hydroxylation sites is 1. The lowest BCUT2D eigenvalue weighted by atomic mass is 10.2. The smallest absolute Gasteiger partial charge is 0.338 e. The maximum atomic E-state index is 11.2. The molecule has 3 heterocycles. The number of hydrogen-bond acceptors (Lipinski definition) is 6. The maximum Gasteiger partial charge on any atom is 0.338 e. The van der Waals surface area contributed by atoms with Crippen LogP contribution < -0.4 is 9.64 Å². The quantitative estimate of drug-likeness (QED) is 0.542. The minimum atomic E-state index is -1.04. The van der Waals surface area contributed by atoms with Crippen LogP contribution in [0.4, 0.5) is 5.82 Å². The fourth-order valence-corrected chi connectivity index (χ4v) is 3.58. The summed E-state index contributed by atoms with van der Waals surface area (Å²) in [4.78, 5) is 22.8. The molecule has 4 aromatic rings. The summed E-state index contributed by atoms with van der Waals surface area (Å²) < 4.78 is 7.39. The van der Waals surface area contributed by atoms with Crippen molar-refractivity contribution >= 4 is 22.7 Å². The van der Waals surface area contributed by atoms with Crippen LogP contribution in [0.15, 0.2) is 60.9 Å². The van der Waals surface area contributed by atoms with Gasteiger partial charge in [0.2, 0.25) is 0 Å². The molecule has 2 aromatic carbocycles. The SMILES string of the molecule is O=C(O)c1cnn(-c2nc(N3CCCC3)c3cc(Oc4ccccc4)ccc3n2)c1. The van der Waals surface area contributed by atoms with Crippen molar-refractivity contribution in [3.8, 4) is 17.4 Å². The molecule has 0 spiro atoms. The molecule has 1 aliphatic rings. The van der Waals surface area contributed by atoms with Crippen molar-refractivity contribution in [1.82, 2.24) is 19.7 Å². The maximum absolute atomic E-state index is 11.2. The standard InChI is InChI=1S/C22H19N5O3/c28-21(29)15-13-23-27(14-15)22-24-19-9-8-17(30-16-6-2-1-3-7-16)12-18(19)20(25-22)26-10-4-5-11-26/h1-3,6-9,12-14H,4-5,10-11H2,(H,28,29). The molecular formula is C22H19N5O3. The number of benzene rings is 2. The Morgan fingerprint density at radius 2 is 1.80 bits per heavy atom. The van der Waals surface area contributed by atoms with Crippen molar-refractivity contribution in [1.29, 1.82) is 0 Å². The first-order chi connectivity index (χ1) is 14.7. The van der Waals surface area contributed by atoms with Crippen molar-refractivity contribution in [2.24, 2.45) is 0 Å². The van der Waals surface area contributed by atoms with Crippen LogP contribution in [0.1, 0.15) is 23.2 Å². The molecule has 1 fully saturated rings. The number of ether oxygens (including phenoxy) is 1. The van der Waals surface area contributed by atoms with E-state index in [-0.39, 0.29) is 5.56 Å². The Morgan fingerprint density at radius 1 is 1.00 bits per heavy atom. The lowest BCUT2D eigenvalue weighted by Crippen LogP contribution is -2.20. The van der Waals surface area contributed by atoms with Crippen molar-refractivity contribution in [3.05, 3.63) is 66.5 Å².